The van der Waals surface area contributed by atoms with Gasteiger partial charge in [0.15, 0.2) is 0 Å². The Morgan fingerprint density at radius 3 is 2.42 bits per heavy atom. The normalized spacial score (nSPS) is 35.8. The highest BCUT2D eigenvalue weighted by Gasteiger charge is 2.60. The molecule has 140 valence electrons. The van der Waals surface area contributed by atoms with Crippen LogP contribution in [0.25, 0.3) is 0 Å². The maximum absolute atomic E-state index is 12.9. The largest absolute Gasteiger partial charge is 0.348 e. The van der Waals surface area contributed by atoms with E-state index in [1.165, 1.54) is 6.42 Å². The summed E-state index contributed by atoms with van der Waals surface area (Å²) in [5, 5.41) is 5.86. The van der Waals surface area contributed by atoms with E-state index in [0.717, 1.165) is 37.7 Å². The van der Waals surface area contributed by atoms with Crippen molar-refractivity contribution < 1.29 is 9.59 Å². The van der Waals surface area contributed by atoms with Crippen molar-refractivity contribution in [2.75, 3.05) is 6.54 Å². The van der Waals surface area contributed by atoms with Crippen LogP contribution in [-0.2, 0) is 9.59 Å². The molecule has 5 heteroatoms. The second-order valence-electron chi connectivity index (χ2n) is 8.77. The third-order valence-electron chi connectivity index (χ3n) is 6.56. The van der Waals surface area contributed by atoms with Gasteiger partial charge >= 0.3 is 0 Å². The molecule has 1 aromatic carbocycles. The number of alkyl halides is 1. The molecule has 4 aliphatic rings. The topological polar surface area (TPSA) is 58.2 Å². The summed E-state index contributed by atoms with van der Waals surface area (Å²) in [7, 11) is 0. The highest BCUT2D eigenvalue weighted by atomic mass is 35.5. The third kappa shape index (κ3) is 3.36. The molecule has 5 rings (SSSR count). The molecule has 0 aliphatic heterocycles. The van der Waals surface area contributed by atoms with Gasteiger partial charge in [-0.1, -0.05) is 30.3 Å². The van der Waals surface area contributed by atoms with Crippen molar-refractivity contribution in [2.45, 2.75) is 56.4 Å². The Kier molecular flexibility index (Phi) is 4.50. The van der Waals surface area contributed by atoms with E-state index in [4.69, 9.17) is 11.6 Å². The molecule has 5 atom stereocenters. The van der Waals surface area contributed by atoms with Crippen molar-refractivity contribution in [1.29, 1.82) is 0 Å². The molecule has 4 aliphatic carbocycles. The zero-order valence-corrected chi connectivity index (χ0v) is 16.0. The van der Waals surface area contributed by atoms with Gasteiger partial charge in [0.2, 0.25) is 11.8 Å². The van der Waals surface area contributed by atoms with Crippen LogP contribution in [0.15, 0.2) is 30.3 Å². The maximum atomic E-state index is 12.9. The second kappa shape index (κ2) is 6.56. The molecule has 2 unspecified atom stereocenters. The molecule has 0 aromatic heterocycles. The van der Waals surface area contributed by atoms with Gasteiger partial charge < -0.3 is 10.6 Å². The highest BCUT2D eigenvalue weighted by Crippen LogP contribution is 2.63. The Morgan fingerprint density at radius 1 is 1.15 bits per heavy atom. The minimum Gasteiger partial charge on any atom is -0.348 e. The lowest BCUT2D eigenvalue weighted by molar-refractivity contribution is -0.145. The van der Waals surface area contributed by atoms with E-state index in [9.17, 15) is 9.59 Å². The van der Waals surface area contributed by atoms with Crippen molar-refractivity contribution in [3.8, 4) is 0 Å². The Morgan fingerprint density at radius 2 is 1.81 bits per heavy atom. The number of rotatable bonds is 5. The zero-order chi connectivity index (χ0) is 18.4. The van der Waals surface area contributed by atoms with Crippen molar-refractivity contribution in [1.82, 2.24) is 10.6 Å². The molecule has 4 nitrogen and oxygen atoms in total. The number of hydrogen-bond donors (Lipinski definition) is 2. The van der Waals surface area contributed by atoms with E-state index in [1.54, 1.807) is 0 Å². The maximum Gasteiger partial charge on any atom is 0.239 e. The minimum atomic E-state index is -0.350. The first-order valence-electron chi connectivity index (χ1n) is 9.69. The summed E-state index contributed by atoms with van der Waals surface area (Å²) in [5.41, 5.74) is 0.703. The van der Waals surface area contributed by atoms with Crippen LogP contribution in [0.5, 0.6) is 0 Å². The predicted octanol–water partition coefficient (Wildman–Crippen LogP) is 3.56. The monoisotopic (exact) mass is 374 g/mol. The van der Waals surface area contributed by atoms with E-state index in [1.807, 2.05) is 37.3 Å². The summed E-state index contributed by atoms with van der Waals surface area (Å²) in [6.07, 6.45) is 5.96. The van der Waals surface area contributed by atoms with Gasteiger partial charge in [0.1, 0.15) is 0 Å². The van der Waals surface area contributed by atoms with Gasteiger partial charge in [0.25, 0.3) is 0 Å². The number of hydrogen-bond acceptors (Lipinski definition) is 2. The predicted molar refractivity (Wildman–Crippen MR) is 102 cm³/mol. The Bertz CT molecular complexity index is 691. The Labute approximate surface area is 160 Å². The molecule has 0 saturated heterocycles. The molecule has 2 amide bonds. The summed E-state index contributed by atoms with van der Waals surface area (Å²) < 4.78 is 0. The third-order valence-corrected chi connectivity index (χ3v) is 7.00. The van der Waals surface area contributed by atoms with E-state index in [-0.39, 0.29) is 34.7 Å². The number of carbonyl (C=O) groups is 2. The number of carbonyl (C=O) groups excluding carboxylic acids is 2. The van der Waals surface area contributed by atoms with Crippen LogP contribution in [-0.4, -0.2) is 23.2 Å². The lowest BCUT2D eigenvalue weighted by atomic mass is 9.49. The molecule has 0 radical (unpaired) electrons. The average molecular weight is 375 g/mol. The molecule has 4 fully saturated rings. The van der Waals surface area contributed by atoms with Crippen molar-refractivity contribution in [2.24, 2.45) is 17.3 Å². The van der Waals surface area contributed by atoms with Crippen LogP contribution in [0.3, 0.4) is 0 Å². The molecular weight excluding hydrogens is 348 g/mol. The Balaban J connectivity index is 1.33. The molecule has 4 saturated carbocycles. The van der Waals surface area contributed by atoms with Gasteiger partial charge in [0, 0.05) is 4.87 Å². The molecule has 1 aromatic rings. The summed E-state index contributed by atoms with van der Waals surface area (Å²) in [4.78, 5) is 25.0. The summed E-state index contributed by atoms with van der Waals surface area (Å²) >= 11 is 6.80. The smallest absolute Gasteiger partial charge is 0.239 e. The van der Waals surface area contributed by atoms with Gasteiger partial charge in [-0.3, -0.25) is 9.59 Å². The molecule has 0 heterocycles. The minimum absolute atomic E-state index is 0.0270. The molecular formula is C21H27ClN2O2. The standard InChI is InChI=1S/C21H27ClN2O2/c1-14(17-5-3-2-4-6-17)24-18(25)12-23-19(26)20-8-15-7-16(9-20)11-21(22,10-15)13-20/h2-6,14-16H,7-13H2,1H3,(H,23,26)(H,24,25)/t14-,15-,16+,20?,21?/m0/s1. The molecule has 2 N–H and O–H groups in total. The lowest BCUT2D eigenvalue weighted by Gasteiger charge is -2.59. The Hall–Kier alpha value is -1.55. The van der Waals surface area contributed by atoms with Crippen LogP contribution in [0.2, 0.25) is 0 Å². The number of halogens is 1. The molecule has 4 bridgehead atoms. The van der Waals surface area contributed by atoms with Crippen LogP contribution in [0.1, 0.15) is 57.1 Å². The van der Waals surface area contributed by atoms with Crippen LogP contribution in [0.4, 0.5) is 0 Å². The van der Waals surface area contributed by atoms with Gasteiger partial charge in [0.05, 0.1) is 18.0 Å². The van der Waals surface area contributed by atoms with Crippen molar-refractivity contribution in [3.05, 3.63) is 35.9 Å². The summed E-state index contributed by atoms with van der Waals surface area (Å²) in [6.45, 7) is 1.98. The van der Waals surface area contributed by atoms with Crippen LogP contribution < -0.4 is 10.6 Å². The number of nitrogens with one attached hydrogen (secondary N) is 2. The van der Waals surface area contributed by atoms with E-state index >= 15 is 0 Å². The first kappa shape index (κ1) is 17.8. The van der Waals surface area contributed by atoms with Gasteiger partial charge in [-0.2, -0.15) is 0 Å². The summed E-state index contributed by atoms with van der Waals surface area (Å²) in [5.74, 6) is 1.03. The highest BCUT2D eigenvalue weighted by molar-refractivity contribution is 6.24. The van der Waals surface area contributed by atoms with Crippen molar-refractivity contribution >= 4 is 23.4 Å². The SMILES string of the molecule is C[C@H](NC(=O)CNC(=O)C12C[C@@H]3C[C@@H](CC(Cl)(C3)C1)C2)c1ccccc1. The van der Waals surface area contributed by atoms with E-state index in [2.05, 4.69) is 10.6 Å². The first-order valence-corrected chi connectivity index (χ1v) is 10.1. The lowest BCUT2D eigenvalue weighted by Crippen LogP contribution is -2.59. The van der Waals surface area contributed by atoms with Crippen LogP contribution >= 0.6 is 11.6 Å². The van der Waals surface area contributed by atoms with Gasteiger partial charge in [-0.15, -0.1) is 11.6 Å². The zero-order valence-electron chi connectivity index (χ0n) is 15.3. The number of benzene rings is 1. The van der Waals surface area contributed by atoms with Gasteiger partial charge in [-0.25, -0.2) is 0 Å². The fourth-order valence-corrected chi connectivity index (χ4v) is 6.57. The molecule has 26 heavy (non-hydrogen) atoms. The first-order chi connectivity index (χ1) is 12.4. The van der Waals surface area contributed by atoms with Crippen molar-refractivity contribution in [3.63, 3.8) is 0 Å². The number of amides is 2. The second-order valence-corrected chi connectivity index (χ2v) is 9.58. The fraction of sp³-hybridized carbons (Fsp3) is 0.619. The van der Waals surface area contributed by atoms with Crippen LogP contribution in [0, 0.1) is 17.3 Å². The fourth-order valence-electron chi connectivity index (χ4n) is 5.88. The van der Waals surface area contributed by atoms with E-state index < -0.39 is 0 Å². The van der Waals surface area contributed by atoms with E-state index in [0.29, 0.717) is 11.8 Å². The van der Waals surface area contributed by atoms with Gasteiger partial charge in [-0.05, 0) is 62.8 Å². The quantitative estimate of drug-likeness (QED) is 0.774. The molecule has 0 spiro atoms. The average Bonchev–Trinajstić information content (AvgIpc) is 2.58. The summed E-state index contributed by atoms with van der Waals surface area (Å²) in [6, 6.07) is 9.75.